The molecule has 0 radical (unpaired) electrons. The van der Waals surface area contributed by atoms with Crippen LogP contribution in [0, 0.1) is 5.92 Å². The molecule has 2 rings (SSSR count). The first-order valence-electron chi connectivity index (χ1n) is 4.69. The van der Waals surface area contributed by atoms with Gasteiger partial charge in [-0.2, -0.15) is 0 Å². The number of benzene rings is 1. The number of hydrogen-bond acceptors (Lipinski definition) is 1. The molecular weight excluding hydrogens is 226 g/mol. The molecule has 0 aliphatic heterocycles. The molecule has 2 N–H and O–H groups in total. The Kier molecular flexibility index (Phi) is 2.43. The van der Waals surface area contributed by atoms with Crippen LogP contribution in [0.25, 0.3) is 0 Å². The fourth-order valence-electron chi connectivity index (χ4n) is 1.97. The number of hydrogen-bond donors (Lipinski definition) is 1. The van der Waals surface area contributed by atoms with E-state index in [1.54, 1.807) is 0 Å². The highest BCUT2D eigenvalue weighted by Gasteiger charge is 2.35. The van der Waals surface area contributed by atoms with Gasteiger partial charge in [0.15, 0.2) is 0 Å². The Morgan fingerprint density at radius 2 is 1.92 bits per heavy atom. The molecule has 0 heterocycles. The highest BCUT2D eigenvalue weighted by atomic mass is 79.9. The van der Waals surface area contributed by atoms with Crippen molar-refractivity contribution >= 4 is 15.9 Å². The first-order chi connectivity index (χ1) is 6.18. The highest BCUT2D eigenvalue weighted by molar-refractivity contribution is 9.10. The van der Waals surface area contributed by atoms with E-state index in [-0.39, 0.29) is 0 Å². The molecular formula is C11H14BrN. The summed E-state index contributed by atoms with van der Waals surface area (Å²) in [6, 6.07) is 9.00. The fourth-order valence-corrected chi connectivity index (χ4v) is 2.24. The van der Waals surface area contributed by atoms with E-state index in [1.807, 2.05) is 0 Å². The quantitative estimate of drug-likeness (QED) is 0.802. The van der Waals surface area contributed by atoms with Crippen LogP contribution in [0.1, 0.15) is 24.8 Å². The van der Waals surface area contributed by atoms with Crippen LogP contribution in [0.15, 0.2) is 28.7 Å². The van der Waals surface area contributed by atoms with Crippen LogP contribution >= 0.6 is 15.9 Å². The van der Waals surface area contributed by atoms with E-state index in [0.29, 0.717) is 17.9 Å². The van der Waals surface area contributed by atoms with E-state index in [0.717, 1.165) is 10.9 Å². The Labute approximate surface area is 87.5 Å². The maximum Gasteiger partial charge on any atom is 0.0175 e. The summed E-state index contributed by atoms with van der Waals surface area (Å²) in [7, 11) is 0. The first kappa shape index (κ1) is 9.22. The molecule has 2 heteroatoms. The van der Waals surface area contributed by atoms with Crippen molar-refractivity contribution in [3.63, 3.8) is 0 Å². The smallest absolute Gasteiger partial charge is 0.0175 e. The average Bonchev–Trinajstić information content (AvgIpc) is 2.15. The van der Waals surface area contributed by atoms with E-state index in [2.05, 4.69) is 47.1 Å². The molecule has 1 nitrogen and oxygen atoms in total. The summed E-state index contributed by atoms with van der Waals surface area (Å²) in [6.07, 6.45) is 1.14. The van der Waals surface area contributed by atoms with Gasteiger partial charge in [-0.15, -0.1) is 0 Å². The molecule has 0 amide bonds. The molecule has 1 aliphatic carbocycles. The van der Waals surface area contributed by atoms with Gasteiger partial charge >= 0.3 is 0 Å². The second kappa shape index (κ2) is 3.43. The summed E-state index contributed by atoms with van der Waals surface area (Å²) in [5.74, 6) is 1.32. The largest absolute Gasteiger partial charge is 0.327 e. The van der Waals surface area contributed by atoms with Crippen LogP contribution < -0.4 is 5.73 Å². The Morgan fingerprint density at radius 3 is 2.38 bits per heavy atom. The van der Waals surface area contributed by atoms with Crippen molar-refractivity contribution in [2.45, 2.75) is 25.3 Å². The Bertz CT molecular complexity index is 293. The topological polar surface area (TPSA) is 26.0 Å². The van der Waals surface area contributed by atoms with Gasteiger partial charge in [0.1, 0.15) is 0 Å². The van der Waals surface area contributed by atoms with Crippen molar-refractivity contribution in [1.82, 2.24) is 0 Å². The molecule has 0 saturated heterocycles. The lowest BCUT2D eigenvalue weighted by molar-refractivity contribution is 0.226. The molecule has 1 aromatic rings. The van der Waals surface area contributed by atoms with Gasteiger partial charge in [-0.3, -0.25) is 0 Å². The third-order valence-electron chi connectivity index (χ3n) is 3.13. The van der Waals surface area contributed by atoms with E-state index in [1.165, 1.54) is 5.56 Å². The minimum atomic E-state index is 0.411. The zero-order valence-corrected chi connectivity index (χ0v) is 9.29. The van der Waals surface area contributed by atoms with Crippen molar-refractivity contribution in [3.8, 4) is 0 Å². The molecule has 1 aliphatic rings. The molecule has 70 valence electrons. The Balaban J connectivity index is 2.14. The Morgan fingerprint density at radius 1 is 1.31 bits per heavy atom. The number of rotatable bonds is 1. The molecule has 1 aromatic carbocycles. The molecule has 3 atom stereocenters. The normalized spacial score (nSPS) is 32.7. The van der Waals surface area contributed by atoms with Gasteiger partial charge in [0.05, 0.1) is 0 Å². The standard InChI is InChI=1S/C11H14BrN/c1-7-10(6-11(7)13)8-2-4-9(12)5-3-8/h2-5,7,10-11H,6,13H2,1H3. The lowest BCUT2D eigenvalue weighted by Crippen LogP contribution is -2.44. The molecule has 0 aromatic heterocycles. The lowest BCUT2D eigenvalue weighted by atomic mass is 9.67. The lowest BCUT2D eigenvalue weighted by Gasteiger charge is -2.40. The van der Waals surface area contributed by atoms with Gasteiger partial charge in [0.25, 0.3) is 0 Å². The highest BCUT2D eigenvalue weighted by Crippen LogP contribution is 2.41. The zero-order valence-electron chi connectivity index (χ0n) is 7.70. The van der Waals surface area contributed by atoms with E-state index >= 15 is 0 Å². The minimum Gasteiger partial charge on any atom is -0.327 e. The average molecular weight is 240 g/mol. The van der Waals surface area contributed by atoms with Crippen LogP contribution in [0.3, 0.4) is 0 Å². The van der Waals surface area contributed by atoms with Gasteiger partial charge < -0.3 is 5.73 Å². The maximum atomic E-state index is 5.87. The summed E-state index contributed by atoms with van der Waals surface area (Å²) < 4.78 is 1.15. The predicted octanol–water partition coefficient (Wildman–Crippen LogP) is 2.90. The van der Waals surface area contributed by atoms with Crippen molar-refractivity contribution in [2.75, 3.05) is 0 Å². The maximum absolute atomic E-state index is 5.87. The van der Waals surface area contributed by atoms with E-state index in [4.69, 9.17) is 5.73 Å². The molecule has 1 fully saturated rings. The van der Waals surface area contributed by atoms with Gasteiger partial charge in [-0.05, 0) is 36.0 Å². The van der Waals surface area contributed by atoms with E-state index < -0.39 is 0 Å². The third-order valence-corrected chi connectivity index (χ3v) is 3.66. The number of nitrogens with two attached hydrogens (primary N) is 1. The summed E-state index contributed by atoms with van der Waals surface area (Å²) in [4.78, 5) is 0. The summed E-state index contributed by atoms with van der Waals surface area (Å²) >= 11 is 3.44. The summed E-state index contributed by atoms with van der Waals surface area (Å²) in [6.45, 7) is 2.24. The second-order valence-corrected chi connectivity index (χ2v) is 4.83. The monoisotopic (exact) mass is 239 g/mol. The summed E-state index contributed by atoms with van der Waals surface area (Å²) in [5, 5.41) is 0. The molecule has 13 heavy (non-hydrogen) atoms. The molecule has 3 unspecified atom stereocenters. The van der Waals surface area contributed by atoms with Gasteiger partial charge in [-0.25, -0.2) is 0 Å². The van der Waals surface area contributed by atoms with Crippen LogP contribution in [-0.2, 0) is 0 Å². The Hall–Kier alpha value is -0.340. The summed E-state index contributed by atoms with van der Waals surface area (Å²) in [5.41, 5.74) is 7.30. The van der Waals surface area contributed by atoms with E-state index in [9.17, 15) is 0 Å². The molecule has 1 saturated carbocycles. The minimum absolute atomic E-state index is 0.411. The number of halogens is 1. The predicted molar refractivity (Wildman–Crippen MR) is 58.6 cm³/mol. The van der Waals surface area contributed by atoms with Crippen molar-refractivity contribution in [3.05, 3.63) is 34.3 Å². The fraction of sp³-hybridized carbons (Fsp3) is 0.455. The zero-order chi connectivity index (χ0) is 9.42. The van der Waals surface area contributed by atoms with Crippen LogP contribution in [0.2, 0.25) is 0 Å². The third kappa shape index (κ3) is 1.65. The van der Waals surface area contributed by atoms with Crippen molar-refractivity contribution < 1.29 is 0 Å². The van der Waals surface area contributed by atoms with Gasteiger partial charge in [0, 0.05) is 10.5 Å². The van der Waals surface area contributed by atoms with Gasteiger partial charge in [-0.1, -0.05) is 35.0 Å². The molecule has 0 bridgehead atoms. The SMILES string of the molecule is CC1C(N)CC1c1ccc(Br)cc1. The van der Waals surface area contributed by atoms with Crippen molar-refractivity contribution in [1.29, 1.82) is 0 Å². The molecule has 0 spiro atoms. The van der Waals surface area contributed by atoms with Crippen LogP contribution in [-0.4, -0.2) is 6.04 Å². The van der Waals surface area contributed by atoms with Crippen LogP contribution in [0.4, 0.5) is 0 Å². The van der Waals surface area contributed by atoms with Crippen molar-refractivity contribution in [2.24, 2.45) is 11.7 Å². The van der Waals surface area contributed by atoms with Gasteiger partial charge in [0.2, 0.25) is 0 Å². The van der Waals surface area contributed by atoms with Crippen LogP contribution in [0.5, 0.6) is 0 Å². The first-order valence-corrected chi connectivity index (χ1v) is 5.49. The second-order valence-electron chi connectivity index (χ2n) is 3.92.